The summed E-state index contributed by atoms with van der Waals surface area (Å²) in [5.41, 5.74) is 3.34. The van der Waals surface area contributed by atoms with Crippen molar-refractivity contribution >= 4 is 57.3 Å². The van der Waals surface area contributed by atoms with Crippen LogP contribution in [0.5, 0.6) is 23.3 Å². The summed E-state index contributed by atoms with van der Waals surface area (Å²) in [6.45, 7) is 4.34. The lowest BCUT2D eigenvalue weighted by Crippen LogP contribution is -2.38. The topological polar surface area (TPSA) is 285 Å². The average molecular weight is 1060 g/mol. The summed E-state index contributed by atoms with van der Waals surface area (Å²) in [7, 11) is -3.30. The van der Waals surface area contributed by atoms with Crippen molar-refractivity contribution in [1.29, 1.82) is 0 Å². The largest absolute Gasteiger partial charge is 0.492 e. The highest BCUT2D eigenvalue weighted by Crippen LogP contribution is 2.35. The van der Waals surface area contributed by atoms with E-state index in [4.69, 9.17) is 33.2 Å². The van der Waals surface area contributed by atoms with Crippen molar-refractivity contribution in [2.75, 3.05) is 106 Å². The number of carbonyl (C=O) groups is 4. The molecule has 2 aromatic heterocycles. The number of nitrogens with one attached hydrogen (secondary N) is 5. The number of benzene rings is 2. The van der Waals surface area contributed by atoms with E-state index >= 15 is 0 Å². The first-order valence-electron chi connectivity index (χ1n) is 24.6. The fourth-order valence-corrected chi connectivity index (χ4v) is 10.1. The normalized spacial score (nSPS) is 21.5. The molecule has 0 bridgehead atoms. The van der Waals surface area contributed by atoms with Gasteiger partial charge < -0.3 is 54.4 Å². The van der Waals surface area contributed by atoms with Gasteiger partial charge in [0.05, 0.1) is 45.0 Å². The van der Waals surface area contributed by atoms with Gasteiger partial charge in [0.1, 0.15) is 48.1 Å². The van der Waals surface area contributed by atoms with E-state index in [-0.39, 0.29) is 103 Å². The third-order valence-electron chi connectivity index (χ3n) is 13.3. The number of amides is 4. The summed E-state index contributed by atoms with van der Waals surface area (Å²) < 4.78 is 91.6. The molecule has 2 aromatic carbocycles. The quantitative estimate of drug-likeness (QED) is 0.0840. The Morgan fingerprint density at radius 2 is 1.21 bits per heavy atom. The summed E-state index contributed by atoms with van der Waals surface area (Å²) in [5.74, 6) is 1.57. The number of cyclic esters (lactones) is 2. The van der Waals surface area contributed by atoms with E-state index in [1.807, 2.05) is 12.1 Å². The zero-order chi connectivity index (χ0) is 52.2. The number of rotatable bonds is 19. The molecule has 27 heteroatoms. The molecule has 4 atom stereocenters. The number of fused-ring (bicyclic) bond motifs is 4. The minimum atomic E-state index is -3.30. The van der Waals surface area contributed by atoms with Gasteiger partial charge in [0.2, 0.25) is 10.0 Å². The zero-order valence-electron chi connectivity index (χ0n) is 40.7. The highest BCUT2D eigenvalue weighted by molar-refractivity contribution is 7.88. The van der Waals surface area contributed by atoms with Gasteiger partial charge >= 0.3 is 12.2 Å². The number of hydrogen-bond acceptors (Lipinski definition) is 19. The molecule has 2 aliphatic carbocycles. The fraction of sp³-hybridized carbons (Fsp3) is 0.500. The van der Waals surface area contributed by atoms with Gasteiger partial charge in [-0.15, -0.1) is 0 Å². The molecule has 4 aromatic rings. The molecule has 5 N–H and O–H groups in total. The van der Waals surface area contributed by atoms with Crippen molar-refractivity contribution < 1.29 is 69.5 Å². The van der Waals surface area contributed by atoms with Crippen LogP contribution in [-0.2, 0) is 59.5 Å². The van der Waals surface area contributed by atoms with Crippen molar-refractivity contribution in [2.45, 2.75) is 56.8 Å². The van der Waals surface area contributed by atoms with Crippen molar-refractivity contribution in [3.05, 3.63) is 70.5 Å². The van der Waals surface area contributed by atoms with Gasteiger partial charge in [0.15, 0.2) is 36.5 Å². The number of halogens is 2. The standard InChI is InChI=1S/C24H29FN6O7S.C24H26FN5O6/c1-39(34,35)28-4-5-36-17-8-15-6-14(7-18(15)19(25)9-17)10-26-3-2-16-12-31(24(33)38-16)20-11-27-23-22(29-20)30-21(32)13-37-23;25-19-6-16(35-17-10-33-11-17)5-14-3-13(4-18(14)19)7-26-2-1-15-9-30(24(32)36-15)20-8-27-23-22(28-20)29-21(31)12-34-23/h8-9,11,14,16,26,28H,2-7,10,12-13H2,1H3,(H,29,30,32);5-6,8,13,15,17,26H,1-4,7,9-12H2,(H,28,29,31). The second kappa shape index (κ2) is 22.4. The van der Waals surface area contributed by atoms with Crippen LogP contribution < -0.4 is 54.7 Å². The van der Waals surface area contributed by atoms with Crippen LogP contribution in [0.1, 0.15) is 35.1 Å². The number of anilines is 4. The van der Waals surface area contributed by atoms with Crippen LogP contribution in [0.3, 0.4) is 0 Å². The lowest BCUT2D eigenvalue weighted by atomic mass is 10.1. The molecule has 0 spiro atoms. The van der Waals surface area contributed by atoms with E-state index in [1.54, 1.807) is 0 Å². The number of nitrogens with zero attached hydrogens (tertiary/aromatic N) is 6. The molecule has 0 saturated carbocycles. The first kappa shape index (κ1) is 51.4. The Morgan fingerprint density at radius 3 is 1.71 bits per heavy atom. The number of sulfonamides is 1. The molecule has 11 rings (SSSR count). The molecule has 4 unspecified atom stereocenters. The Bertz CT molecular complexity index is 2960. The summed E-state index contributed by atoms with van der Waals surface area (Å²) in [4.78, 5) is 67.4. The lowest BCUT2D eigenvalue weighted by Gasteiger charge is -2.27. The van der Waals surface area contributed by atoms with Gasteiger partial charge in [-0.1, -0.05) is 0 Å². The summed E-state index contributed by atoms with van der Waals surface area (Å²) >= 11 is 0. The van der Waals surface area contributed by atoms with Crippen LogP contribution in [0.15, 0.2) is 36.7 Å². The van der Waals surface area contributed by atoms with Crippen LogP contribution in [0.2, 0.25) is 0 Å². The van der Waals surface area contributed by atoms with E-state index in [9.17, 15) is 36.4 Å². The smallest absolute Gasteiger partial charge is 0.415 e. The Balaban J connectivity index is 0.000000171. The molecule has 4 amide bonds. The Kier molecular flexibility index (Phi) is 15.4. The van der Waals surface area contributed by atoms with Gasteiger partial charge in [0, 0.05) is 18.7 Å². The maximum absolute atomic E-state index is 14.6. The SMILES string of the molecule is CS(=O)(=O)NCCOc1cc(F)c2c(c1)CC(CNCCC1CN(c3cnc4c(n3)NC(=O)CO4)C(=O)O1)C2.O=C1COc2ncc(N3CC(CCNCC4Cc5cc(OC6COC6)cc(F)c5C4)OC3=O)nc2N1. The molecule has 5 aliphatic heterocycles. The van der Waals surface area contributed by atoms with Gasteiger partial charge in [-0.05, 0) is 111 Å². The number of hydrogen-bond donors (Lipinski definition) is 5. The first-order valence-corrected chi connectivity index (χ1v) is 26.5. The third-order valence-corrected chi connectivity index (χ3v) is 14.0. The summed E-state index contributed by atoms with van der Waals surface area (Å²) in [6.07, 6.45) is 6.18. The Morgan fingerprint density at radius 1 is 0.707 bits per heavy atom. The first-order chi connectivity index (χ1) is 36.2. The third kappa shape index (κ3) is 12.7. The molecule has 3 saturated heterocycles. The van der Waals surface area contributed by atoms with Crippen molar-refractivity contribution in [2.24, 2.45) is 11.8 Å². The van der Waals surface area contributed by atoms with Crippen LogP contribution in [0.4, 0.5) is 41.6 Å². The summed E-state index contributed by atoms with van der Waals surface area (Å²) in [5, 5.41) is 11.9. The molecule has 400 valence electrons. The van der Waals surface area contributed by atoms with Gasteiger partial charge in [-0.3, -0.25) is 19.4 Å². The molecule has 7 aliphatic rings. The molecule has 7 heterocycles. The van der Waals surface area contributed by atoms with Crippen molar-refractivity contribution in [3.63, 3.8) is 0 Å². The van der Waals surface area contributed by atoms with Crippen LogP contribution in [-0.4, -0.2) is 156 Å². The maximum Gasteiger partial charge on any atom is 0.415 e. The molecular weight excluding hydrogens is 1010 g/mol. The highest BCUT2D eigenvalue weighted by Gasteiger charge is 2.36. The number of ether oxygens (including phenoxy) is 7. The molecule has 75 heavy (non-hydrogen) atoms. The monoisotopic (exact) mass is 1060 g/mol. The fourth-order valence-electron chi connectivity index (χ4n) is 9.64. The van der Waals surface area contributed by atoms with Crippen LogP contribution in [0, 0.1) is 23.5 Å². The van der Waals surface area contributed by atoms with Gasteiger partial charge in [-0.2, -0.15) is 0 Å². The lowest BCUT2D eigenvalue weighted by molar-refractivity contribution is -0.119. The Hall–Kier alpha value is -7.07. The van der Waals surface area contributed by atoms with E-state index in [0.29, 0.717) is 107 Å². The maximum atomic E-state index is 14.6. The predicted molar refractivity (Wildman–Crippen MR) is 261 cm³/mol. The Labute approximate surface area is 428 Å². The zero-order valence-corrected chi connectivity index (χ0v) is 41.5. The van der Waals surface area contributed by atoms with E-state index in [0.717, 1.165) is 35.9 Å². The number of carbonyl (C=O) groups excluding carboxylic acids is 4. The second-order valence-electron chi connectivity index (χ2n) is 19.1. The minimum Gasteiger partial charge on any atom is -0.492 e. The van der Waals surface area contributed by atoms with Gasteiger partial charge in [0.25, 0.3) is 23.6 Å². The second-order valence-corrected chi connectivity index (χ2v) is 20.9. The van der Waals surface area contributed by atoms with Crippen molar-refractivity contribution in [1.82, 2.24) is 35.3 Å². The van der Waals surface area contributed by atoms with Crippen LogP contribution in [0.25, 0.3) is 0 Å². The van der Waals surface area contributed by atoms with Crippen molar-refractivity contribution in [3.8, 4) is 23.3 Å². The average Bonchev–Trinajstić information content (AvgIpc) is 4.16. The number of aromatic nitrogens is 4. The molecule has 24 nitrogen and oxygen atoms in total. The molecular formula is C48H55F2N11O13S. The van der Waals surface area contributed by atoms with Gasteiger partial charge in [-0.25, -0.2) is 51.4 Å². The molecule has 3 fully saturated rings. The van der Waals surface area contributed by atoms with E-state index in [1.165, 1.54) is 34.3 Å². The van der Waals surface area contributed by atoms with Crippen LogP contribution >= 0.6 is 0 Å². The van der Waals surface area contributed by atoms with E-state index < -0.39 is 22.2 Å². The van der Waals surface area contributed by atoms with E-state index in [2.05, 4.69) is 45.9 Å². The highest BCUT2D eigenvalue weighted by atomic mass is 32.2. The summed E-state index contributed by atoms with van der Waals surface area (Å²) in [6, 6.07) is 6.57. The predicted octanol–water partition coefficient (Wildman–Crippen LogP) is 2.04. The molecule has 0 radical (unpaired) electrons. The minimum absolute atomic E-state index is 0.0103.